The molecule has 0 aliphatic heterocycles. The average Bonchev–Trinajstić information content (AvgIpc) is 2.65. The second kappa shape index (κ2) is 7.41. The van der Waals surface area contributed by atoms with E-state index < -0.39 is 5.60 Å². The molecule has 1 aromatic rings. The van der Waals surface area contributed by atoms with Gasteiger partial charge < -0.3 is 15.7 Å². The zero-order valence-corrected chi connectivity index (χ0v) is 11.9. The topological polar surface area (TPSA) is 61.4 Å². The first-order valence-electron chi connectivity index (χ1n) is 7.46. The fourth-order valence-corrected chi connectivity index (χ4v) is 2.70. The summed E-state index contributed by atoms with van der Waals surface area (Å²) in [6.45, 7) is 0.729. The van der Waals surface area contributed by atoms with Crippen molar-refractivity contribution in [2.75, 3.05) is 18.4 Å². The number of carbonyl (C=O) groups excluding carboxylic acids is 1. The molecule has 2 rings (SSSR count). The van der Waals surface area contributed by atoms with Crippen molar-refractivity contribution in [1.82, 2.24) is 5.32 Å². The van der Waals surface area contributed by atoms with E-state index in [1.165, 1.54) is 12.8 Å². The van der Waals surface area contributed by atoms with Crippen LogP contribution in [0.3, 0.4) is 0 Å². The molecule has 0 radical (unpaired) electrons. The second-order valence-corrected chi connectivity index (χ2v) is 5.66. The van der Waals surface area contributed by atoms with Gasteiger partial charge in [0.15, 0.2) is 0 Å². The summed E-state index contributed by atoms with van der Waals surface area (Å²) >= 11 is 0. The molecule has 1 aliphatic carbocycles. The summed E-state index contributed by atoms with van der Waals surface area (Å²) < 4.78 is 0. The molecule has 0 atom stereocenters. The van der Waals surface area contributed by atoms with Gasteiger partial charge in [0.05, 0.1) is 12.1 Å². The number of carbonyl (C=O) groups is 1. The van der Waals surface area contributed by atoms with Crippen LogP contribution in [0.25, 0.3) is 0 Å². The Labute approximate surface area is 120 Å². The molecule has 0 heterocycles. The van der Waals surface area contributed by atoms with Crippen LogP contribution in [0.4, 0.5) is 5.69 Å². The van der Waals surface area contributed by atoms with Crippen LogP contribution in [0.1, 0.15) is 38.5 Å². The van der Waals surface area contributed by atoms with E-state index in [9.17, 15) is 9.90 Å². The highest BCUT2D eigenvalue weighted by molar-refractivity contribution is 5.92. The normalized spacial score (nSPS) is 18.2. The van der Waals surface area contributed by atoms with Crippen molar-refractivity contribution in [3.8, 4) is 0 Å². The minimum Gasteiger partial charge on any atom is -0.389 e. The predicted molar refractivity (Wildman–Crippen MR) is 80.6 cm³/mol. The Bertz CT molecular complexity index is 412. The minimum absolute atomic E-state index is 0.0755. The lowest BCUT2D eigenvalue weighted by molar-refractivity contribution is -0.115. The van der Waals surface area contributed by atoms with Crippen LogP contribution in [0.15, 0.2) is 30.3 Å². The summed E-state index contributed by atoms with van der Waals surface area (Å²) in [7, 11) is 0. The number of rotatable bonds is 5. The van der Waals surface area contributed by atoms with Crippen molar-refractivity contribution in [3.05, 3.63) is 30.3 Å². The van der Waals surface area contributed by atoms with Gasteiger partial charge in [-0.05, 0) is 25.0 Å². The highest BCUT2D eigenvalue weighted by Gasteiger charge is 2.27. The Morgan fingerprint density at radius 2 is 1.75 bits per heavy atom. The fraction of sp³-hybridized carbons (Fsp3) is 0.562. The number of hydrogen-bond donors (Lipinski definition) is 3. The van der Waals surface area contributed by atoms with Gasteiger partial charge >= 0.3 is 0 Å². The van der Waals surface area contributed by atoms with Crippen LogP contribution in [0.5, 0.6) is 0 Å². The Morgan fingerprint density at radius 1 is 1.10 bits per heavy atom. The maximum atomic E-state index is 11.8. The number of anilines is 1. The standard InChI is InChI=1S/C16H24N2O2/c19-15(18-14-8-4-3-5-9-14)12-17-13-16(20)10-6-1-2-7-11-16/h3-5,8-9,17,20H,1-2,6-7,10-13H2,(H,18,19). The van der Waals surface area contributed by atoms with E-state index in [2.05, 4.69) is 10.6 Å². The summed E-state index contributed by atoms with van der Waals surface area (Å²) in [5.41, 5.74) is 0.163. The highest BCUT2D eigenvalue weighted by Crippen LogP contribution is 2.26. The molecule has 1 saturated carbocycles. The maximum absolute atomic E-state index is 11.8. The fourth-order valence-electron chi connectivity index (χ4n) is 2.70. The number of para-hydroxylation sites is 1. The van der Waals surface area contributed by atoms with Crippen molar-refractivity contribution in [2.45, 2.75) is 44.1 Å². The number of aliphatic hydroxyl groups is 1. The van der Waals surface area contributed by atoms with Crippen LogP contribution < -0.4 is 10.6 Å². The van der Waals surface area contributed by atoms with Crippen LogP contribution in [-0.4, -0.2) is 29.7 Å². The van der Waals surface area contributed by atoms with Gasteiger partial charge in [0.25, 0.3) is 0 Å². The molecule has 0 saturated heterocycles. The van der Waals surface area contributed by atoms with Gasteiger partial charge in [-0.3, -0.25) is 4.79 Å². The molecule has 1 aromatic carbocycles. The van der Waals surface area contributed by atoms with Crippen LogP contribution in [0, 0.1) is 0 Å². The largest absolute Gasteiger partial charge is 0.389 e. The highest BCUT2D eigenvalue weighted by atomic mass is 16.3. The summed E-state index contributed by atoms with van der Waals surface area (Å²) in [6.07, 6.45) is 6.23. The number of hydrogen-bond acceptors (Lipinski definition) is 3. The van der Waals surface area contributed by atoms with Crippen molar-refractivity contribution >= 4 is 11.6 Å². The first kappa shape index (κ1) is 15.0. The number of nitrogens with one attached hydrogen (secondary N) is 2. The van der Waals surface area contributed by atoms with E-state index >= 15 is 0 Å². The van der Waals surface area contributed by atoms with Crippen LogP contribution in [0.2, 0.25) is 0 Å². The molecule has 1 amide bonds. The second-order valence-electron chi connectivity index (χ2n) is 5.66. The summed E-state index contributed by atoms with van der Waals surface area (Å²) in [5, 5.41) is 16.4. The number of benzene rings is 1. The summed E-state index contributed by atoms with van der Waals surface area (Å²) in [5.74, 6) is -0.0755. The minimum atomic E-state index is -0.635. The van der Waals surface area contributed by atoms with Crippen molar-refractivity contribution in [1.29, 1.82) is 0 Å². The maximum Gasteiger partial charge on any atom is 0.238 e. The summed E-state index contributed by atoms with van der Waals surface area (Å²) in [4.78, 5) is 11.8. The smallest absolute Gasteiger partial charge is 0.238 e. The van der Waals surface area contributed by atoms with E-state index in [0.29, 0.717) is 6.54 Å². The molecule has 20 heavy (non-hydrogen) atoms. The molecular weight excluding hydrogens is 252 g/mol. The Morgan fingerprint density at radius 3 is 2.40 bits per heavy atom. The molecule has 4 heteroatoms. The van der Waals surface area contributed by atoms with E-state index in [-0.39, 0.29) is 12.5 Å². The van der Waals surface area contributed by atoms with Gasteiger partial charge in [-0.1, -0.05) is 43.9 Å². The average molecular weight is 276 g/mol. The van der Waals surface area contributed by atoms with Crippen molar-refractivity contribution < 1.29 is 9.90 Å². The number of amides is 1. The molecule has 1 aliphatic rings. The quantitative estimate of drug-likeness (QED) is 0.723. The van der Waals surface area contributed by atoms with Gasteiger partial charge in [0.1, 0.15) is 0 Å². The SMILES string of the molecule is O=C(CNCC1(O)CCCCCC1)Nc1ccccc1. The molecule has 0 spiro atoms. The first-order valence-corrected chi connectivity index (χ1v) is 7.46. The third kappa shape index (κ3) is 4.94. The van der Waals surface area contributed by atoms with Gasteiger partial charge in [0.2, 0.25) is 5.91 Å². The van der Waals surface area contributed by atoms with Gasteiger partial charge in [0, 0.05) is 12.2 Å². The molecule has 0 bridgehead atoms. The lowest BCUT2D eigenvalue weighted by atomic mass is 9.94. The molecule has 0 unspecified atom stereocenters. The lowest BCUT2D eigenvalue weighted by Gasteiger charge is -2.26. The molecule has 4 nitrogen and oxygen atoms in total. The van der Waals surface area contributed by atoms with Gasteiger partial charge in [-0.15, -0.1) is 0 Å². The van der Waals surface area contributed by atoms with Crippen LogP contribution >= 0.6 is 0 Å². The lowest BCUT2D eigenvalue weighted by Crippen LogP contribution is -2.42. The van der Waals surface area contributed by atoms with E-state index in [1.54, 1.807) is 0 Å². The molecule has 110 valence electrons. The molecule has 1 fully saturated rings. The Kier molecular flexibility index (Phi) is 5.56. The monoisotopic (exact) mass is 276 g/mol. The van der Waals surface area contributed by atoms with Gasteiger partial charge in [-0.2, -0.15) is 0 Å². The molecule has 0 aromatic heterocycles. The third-order valence-electron chi connectivity index (χ3n) is 3.83. The van der Waals surface area contributed by atoms with Gasteiger partial charge in [-0.25, -0.2) is 0 Å². The van der Waals surface area contributed by atoms with E-state index in [4.69, 9.17) is 0 Å². The Balaban J connectivity index is 1.71. The van der Waals surface area contributed by atoms with E-state index in [0.717, 1.165) is 31.4 Å². The zero-order chi connectivity index (χ0) is 14.3. The molecular formula is C16H24N2O2. The predicted octanol–water partition coefficient (Wildman–Crippen LogP) is 2.30. The summed E-state index contributed by atoms with van der Waals surface area (Å²) in [6, 6.07) is 9.40. The Hall–Kier alpha value is -1.39. The first-order chi connectivity index (χ1) is 9.68. The zero-order valence-electron chi connectivity index (χ0n) is 11.9. The third-order valence-corrected chi connectivity index (χ3v) is 3.83. The van der Waals surface area contributed by atoms with Crippen molar-refractivity contribution in [2.24, 2.45) is 0 Å². The van der Waals surface area contributed by atoms with E-state index in [1.807, 2.05) is 30.3 Å². The van der Waals surface area contributed by atoms with Crippen LogP contribution in [-0.2, 0) is 4.79 Å². The van der Waals surface area contributed by atoms with Crippen molar-refractivity contribution in [3.63, 3.8) is 0 Å². The molecule has 3 N–H and O–H groups in total.